The summed E-state index contributed by atoms with van der Waals surface area (Å²) in [4.78, 5) is 44.7. The minimum absolute atomic E-state index is 0.185. The van der Waals surface area contributed by atoms with Gasteiger partial charge in [0.15, 0.2) is 11.5 Å². The van der Waals surface area contributed by atoms with Gasteiger partial charge >= 0.3 is 17.9 Å². The molecule has 0 aliphatic carbocycles. The van der Waals surface area contributed by atoms with Gasteiger partial charge in [-0.2, -0.15) is 0 Å². The van der Waals surface area contributed by atoms with Gasteiger partial charge in [-0.15, -0.1) is 0 Å². The number of benzene rings is 1. The van der Waals surface area contributed by atoms with Gasteiger partial charge in [0.25, 0.3) is 5.24 Å². The topological polar surface area (TPSA) is 96.0 Å². The van der Waals surface area contributed by atoms with E-state index in [-0.39, 0.29) is 17.1 Å². The molecule has 0 aliphatic rings. The molecule has 0 heterocycles. The quantitative estimate of drug-likeness (QED) is 0.475. The zero-order chi connectivity index (χ0) is 16.2. The molecule has 8 heteroatoms. The number of hydrogen-bond donors (Lipinski definition) is 0. The van der Waals surface area contributed by atoms with E-state index >= 15 is 0 Å². The van der Waals surface area contributed by atoms with Crippen molar-refractivity contribution < 1.29 is 33.4 Å². The highest BCUT2D eigenvalue weighted by molar-refractivity contribution is 6.68. The summed E-state index contributed by atoms with van der Waals surface area (Å²) >= 11 is 5.38. The van der Waals surface area contributed by atoms with Crippen LogP contribution in [0.1, 0.15) is 31.1 Å². The average Bonchev–Trinajstić information content (AvgIpc) is 2.31. The summed E-state index contributed by atoms with van der Waals surface area (Å²) in [6, 6.07) is 2.38. The first-order valence-electron chi connectivity index (χ1n) is 5.64. The standard InChI is InChI=1S/C13H11ClO7/c1-6(15)19-10-5-4-9(13(14)18)11(20-7(2)16)12(10)21-8(3)17/h4-5H,1-3H3. The second kappa shape index (κ2) is 6.85. The van der Waals surface area contributed by atoms with E-state index in [1.807, 2.05) is 0 Å². The smallest absolute Gasteiger partial charge is 0.308 e. The van der Waals surface area contributed by atoms with Crippen LogP contribution in [0.4, 0.5) is 0 Å². The van der Waals surface area contributed by atoms with Crippen LogP contribution in [0.15, 0.2) is 12.1 Å². The number of rotatable bonds is 4. The number of halogens is 1. The van der Waals surface area contributed by atoms with Gasteiger partial charge in [0.2, 0.25) is 5.75 Å². The Hall–Kier alpha value is -2.41. The molecule has 112 valence electrons. The highest BCUT2D eigenvalue weighted by atomic mass is 35.5. The van der Waals surface area contributed by atoms with Crippen molar-refractivity contribution in [3.05, 3.63) is 17.7 Å². The van der Waals surface area contributed by atoms with Crippen molar-refractivity contribution in [3.8, 4) is 17.2 Å². The van der Waals surface area contributed by atoms with Gasteiger partial charge in [-0.05, 0) is 23.7 Å². The summed E-state index contributed by atoms with van der Waals surface area (Å²) in [5, 5.41) is -0.936. The van der Waals surface area contributed by atoms with Gasteiger partial charge in [0, 0.05) is 20.8 Å². The number of esters is 3. The van der Waals surface area contributed by atoms with E-state index in [1.54, 1.807) is 0 Å². The van der Waals surface area contributed by atoms with Crippen molar-refractivity contribution in [2.75, 3.05) is 0 Å². The van der Waals surface area contributed by atoms with Crippen LogP contribution in [-0.2, 0) is 14.4 Å². The van der Waals surface area contributed by atoms with E-state index in [1.165, 1.54) is 12.1 Å². The minimum Gasteiger partial charge on any atom is -0.423 e. The van der Waals surface area contributed by atoms with E-state index in [9.17, 15) is 19.2 Å². The van der Waals surface area contributed by atoms with Gasteiger partial charge in [-0.3, -0.25) is 19.2 Å². The molecule has 0 spiro atoms. The van der Waals surface area contributed by atoms with Crippen molar-refractivity contribution in [2.45, 2.75) is 20.8 Å². The lowest BCUT2D eigenvalue weighted by Gasteiger charge is -2.14. The van der Waals surface area contributed by atoms with Gasteiger partial charge < -0.3 is 14.2 Å². The van der Waals surface area contributed by atoms with E-state index in [0.717, 1.165) is 20.8 Å². The minimum atomic E-state index is -0.936. The molecular formula is C13H11ClO7. The van der Waals surface area contributed by atoms with Crippen LogP contribution in [0.5, 0.6) is 17.2 Å². The Kier molecular flexibility index (Phi) is 5.43. The fraction of sp³-hybridized carbons (Fsp3) is 0.231. The van der Waals surface area contributed by atoms with Crippen molar-refractivity contribution >= 4 is 34.8 Å². The molecule has 7 nitrogen and oxygen atoms in total. The summed E-state index contributed by atoms with van der Waals surface area (Å²) in [6.45, 7) is 3.30. The molecule has 0 amide bonds. The summed E-state index contributed by atoms with van der Waals surface area (Å²) in [7, 11) is 0. The molecule has 0 saturated carbocycles. The van der Waals surface area contributed by atoms with Gasteiger partial charge in [0.1, 0.15) is 0 Å². The summed E-state index contributed by atoms with van der Waals surface area (Å²) in [5.74, 6) is -3.19. The maximum absolute atomic E-state index is 11.3. The highest BCUT2D eigenvalue weighted by Gasteiger charge is 2.24. The molecule has 0 aliphatic heterocycles. The third-order valence-electron chi connectivity index (χ3n) is 2.03. The van der Waals surface area contributed by atoms with Crippen LogP contribution in [0.2, 0.25) is 0 Å². The number of hydrogen-bond acceptors (Lipinski definition) is 7. The number of carbonyl (C=O) groups excluding carboxylic acids is 4. The molecule has 0 N–H and O–H groups in total. The van der Waals surface area contributed by atoms with Crippen molar-refractivity contribution in [1.29, 1.82) is 0 Å². The van der Waals surface area contributed by atoms with Crippen molar-refractivity contribution in [3.63, 3.8) is 0 Å². The third-order valence-corrected chi connectivity index (χ3v) is 2.24. The van der Waals surface area contributed by atoms with Crippen molar-refractivity contribution in [1.82, 2.24) is 0 Å². The van der Waals surface area contributed by atoms with E-state index in [4.69, 9.17) is 25.8 Å². The van der Waals surface area contributed by atoms with Gasteiger partial charge in [0.05, 0.1) is 5.56 Å². The molecule has 0 saturated heterocycles. The van der Waals surface area contributed by atoms with Crippen molar-refractivity contribution in [2.24, 2.45) is 0 Å². The zero-order valence-electron chi connectivity index (χ0n) is 11.4. The Morgan fingerprint density at radius 3 is 1.71 bits per heavy atom. The van der Waals surface area contributed by atoms with Gasteiger partial charge in [-0.1, -0.05) is 0 Å². The maximum Gasteiger partial charge on any atom is 0.308 e. The van der Waals surface area contributed by atoms with Crippen LogP contribution in [0.3, 0.4) is 0 Å². The molecular weight excluding hydrogens is 304 g/mol. The highest BCUT2D eigenvalue weighted by Crippen LogP contribution is 2.41. The molecule has 0 radical (unpaired) electrons. The second-order valence-electron chi connectivity index (χ2n) is 3.82. The lowest BCUT2D eigenvalue weighted by molar-refractivity contribution is -0.135. The number of ether oxygens (including phenoxy) is 3. The van der Waals surface area contributed by atoms with E-state index in [0.29, 0.717) is 0 Å². The summed E-state index contributed by atoms with van der Waals surface area (Å²) < 4.78 is 14.6. The molecule has 0 atom stereocenters. The van der Waals surface area contributed by atoms with Crippen LogP contribution in [-0.4, -0.2) is 23.2 Å². The average molecular weight is 315 g/mol. The van der Waals surface area contributed by atoms with Crippen LogP contribution < -0.4 is 14.2 Å². The first-order valence-corrected chi connectivity index (χ1v) is 6.02. The molecule has 0 bridgehead atoms. The first-order chi connectivity index (χ1) is 9.72. The first kappa shape index (κ1) is 16.6. The Balaban J connectivity index is 3.54. The van der Waals surface area contributed by atoms with E-state index in [2.05, 4.69) is 0 Å². The lowest BCUT2D eigenvalue weighted by Crippen LogP contribution is -2.12. The normalized spacial score (nSPS) is 9.71. The molecule has 0 unspecified atom stereocenters. The van der Waals surface area contributed by atoms with Crippen LogP contribution in [0, 0.1) is 0 Å². The number of carbonyl (C=O) groups is 4. The largest absolute Gasteiger partial charge is 0.423 e. The van der Waals surface area contributed by atoms with E-state index < -0.39 is 28.9 Å². The fourth-order valence-corrected chi connectivity index (χ4v) is 1.57. The Morgan fingerprint density at radius 2 is 1.29 bits per heavy atom. The third kappa shape index (κ3) is 4.57. The molecule has 0 fully saturated rings. The molecule has 0 aromatic heterocycles. The molecule has 1 aromatic carbocycles. The Morgan fingerprint density at radius 1 is 0.810 bits per heavy atom. The summed E-state index contributed by atoms with van der Waals surface area (Å²) in [5.41, 5.74) is -0.209. The predicted octanol–water partition coefficient (Wildman–Crippen LogP) is 1.84. The Labute approximate surface area is 124 Å². The zero-order valence-corrected chi connectivity index (χ0v) is 12.1. The molecule has 21 heavy (non-hydrogen) atoms. The van der Waals surface area contributed by atoms with Gasteiger partial charge in [-0.25, -0.2) is 0 Å². The van der Waals surface area contributed by atoms with Crippen LogP contribution >= 0.6 is 11.6 Å². The molecule has 1 aromatic rings. The lowest BCUT2D eigenvalue weighted by atomic mass is 10.2. The predicted molar refractivity (Wildman–Crippen MR) is 70.6 cm³/mol. The Bertz CT molecular complexity index is 621. The fourth-order valence-electron chi connectivity index (χ4n) is 1.42. The maximum atomic E-state index is 11.3. The molecule has 1 rings (SSSR count). The van der Waals surface area contributed by atoms with Crippen LogP contribution in [0.25, 0.3) is 0 Å². The second-order valence-corrected chi connectivity index (χ2v) is 4.17. The summed E-state index contributed by atoms with van der Waals surface area (Å²) in [6.07, 6.45) is 0. The monoisotopic (exact) mass is 314 g/mol. The SMILES string of the molecule is CC(=O)Oc1ccc(C(=O)Cl)c(OC(C)=O)c1OC(C)=O.